The lowest BCUT2D eigenvalue weighted by molar-refractivity contribution is 0.894. The normalized spacial score (nSPS) is 11.8. The SMILES string of the molecule is CC(Nc1ccccc1C#N)c1cccc2ccccc12. The highest BCUT2D eigenvalue weighted by molar-refractivity contribution is 5.86. The third-order valence-electron chi connectivity index (χ3n) is 3.71. The molecule has 102 valence electrons. The van der Waals surface area contributed by atoms with Gasteiger partial charge < -0.3 is 5.32 Å². The fraction of sp³-hybridized carbons (Fsp3) is 0.105. The van der Waals surface area contributed by atoms with Gasteiger partial charge in [0.05, 0.1) is 11.3 Å². The molecular formula is C19H16N2. The summed E-state index contributed by atoms with van der Waals surface area (Å²) in [4.78, 5) is 0. The van der Waals surface area contributed by atoms with Crippen molar-refractivity contribution < 1.29 is 0 Å². The molecular weight excluding hydrogens is 256 g/mol. The van der Waals surface area contributed by atoms with Crippen molar-refractivity contribution in [2.75, 3.05) is 5.32 Å². The van der Waals surface area contributed by atoms with E-state index in [1.54, 1.807) is 0 Å². The van der Waals surface area contributed by atoms with Gasteiger partial charge in [0.25, 0.3) is 0 Å². The molecule has 3 aromatic carbocycles. The predicted molar refractivity (Wildman–Crippen MR) is 87.1 cm³/mol. The Hall–Kier alpha value is -2.79. The first kappa shape index (κ1) is 13.2. The van der Waals surface area contributed by atoms with Crippen molar-refractivity contribution in [3.05, 3.63) is 77.9 Å². The third-order valence-corrected chi connectivity index (χ3v) is 3.71. The van der Waals surface area contributed by atoms with Crippen LogP contribution in [0.3, 0.4) is 0 Å². The zero-order valence-corrected chi connectivity index (χ0v) is 11.9. The molecule has 1 N–H and O–H groups in total. The number of fused-ring (bicyclic) bond motifs is 1. The van der Waals surface area contributed by atoms with Crippen molar-refractivity contribution in [1.82, 2.24) is 0 Å². The molecule has 0 fully saturated rings. The molecule has 0 aliphatic heterocycles. The average molecular weight is 272 g/mol. The van der Waals surface area contributed by atoms with Crippen molar-refractivity contribution in [2.24, 2.45) is 0 Å². The lowest BCUT2D eigenvalue weighted by Gasteiger charge is -2.18. The Kier molecular flexibility index (Phi) is 3.57. The van der Waals surface area contributed by atoms with Crippen LogP contribution in [0.15, 0.2) is 66.7 Å². The first-order valence-corrected chi connectivity index (χ1v) is 7.03. The van der Waals surface area contributed by atoms with Crippen LogP contribution in [0.25, 0.3) is 10.8 Å². The lowest BCUT2D eigenvalue weighted by Crippen LogP contribution is -2.08. The molecule has 0 aliphatic carbocycles. The number of hydrogen-bond acceptors (Lipinski definition) is 2. The van der Waals surface area contributed by atoms with Crippen LogP contribution in [-0.4, -0.2) is 0 Å². The van der Waals surface area contributed by atoms with Crippen molar-refractivity contribution in [3.8, 4) is 6.07 Å². The summed E-state index contributed by atoms with van der Waals surface area (Å²) in [5.41, 5.74) is 2.78. The molecule has 2 heteroatoms. The van der Waals surface area contributed by atoms with Gasteiger partial charge >= 0.3 is 0 Å². The monoisotopic (exact) mass is 272 g/mol. The zero-order valence-electron chi connectivity index (χ0n) is 11.9. The molecule has 0 aromatic heterocycles. The highest BCUT2D eigenvalue weighted by atomic mass is 14.9. The predicted octanol–water partition coefficient (Wildman–Crippen LogP) is 4.88. The number of nitrogens with zero attached hydrogens (tertiary/aromatic N) is 1. The van der Waals surface area contributed by atoms with Crippen LogP contribution in [0.4, 0.5) is 5.69 Å². The molecule has 0 saturated carbocycles. The van der Waals surface area contributed by atoms with Gasteiger partial charge in [0, 0.05) is 6.04 Å². The van der Waals surface area contributed by atoms with Gasteiger partial charge in [-0.3, -0.25) is 0 Å². The summed E-state index contributed by atoms with van der Waals surface area (Å²) in [7, 11) is 0. The summed E-state index contributed by atoms with van der Waals surface area (Å²) in [5, 5.41) is 15.1. The quantitative estimate of drug-likeness (QED) is 0.737. The Morgan fingerprint density at radius 1 is 0.905 bits per heavy atom. The fourth-order valence-corrected chi connectivity index (χ4v) is 2.65. The Morgan fingerprint density at radius 2 is 1.62 bits per heavy atom. The first-order valence-electron chi connectivity index (χ1n) is 7.03. The number of rotatable bonds is 3. The summed E-state index contributed by atoms with van der Waals surface area (Å²) in [6.07, 6.45) is 0. The minimum atomic E-state index is 0.130. The van der Waals surface area contributed by atoms with E-state index < -0.39 is 0 Å². The van der Waals surface area contributed by atoms with Crippen LogP contribution in [0.1, 0.15) is 24.1 Å². The molecule has 21 heavy (non-hydrogen) atoms. The van der Waals surface area contributed by atoms with E-state index in [4.69, 9.17) is 0 Å². The van der Waals surface area contributed by atoms with E-state index in [0.29, 0.717) is 5.56 Å². The second kappa shape index (κ2) is 5.68. The van der Waals surface area contributed by atoms with Crippen LogP contribution >= 0.6 is 0 Å². The number of benzene rings is 3. The van der Waals surface area contributed by atoms with Crippen molar-refractivity contribution >= 4 is 16.5 Å². The minimum Gasteiger partial charge on any atom is -0.377 e. The Morgan fingerprint density at radius 3 is 2.48 bits per heavy atom. The van der Waals surface area contributed by atoms with Gasteiger partial charge in [0.2, 0.25) is 0 Å². The Bertz CT molecular complexity index is 810. The Labute approximate surface area is 124 Å². The zero-order chi connectivity index (χ0) is 14.7. The van der Waals surface area contributed by atoms with Crippen molar-refractivity contribution in [2.45, 2.75) is 13.0 Å². The molecule has 1 unspecified atom stereocenters. The van der Waals surface area contributed by atoms with Gasteiger partial charge in [-0.15, -0.1) is 0 Å². The number of nitriles is 1. The smallest absolute Gasteiger partial charge is 0.101 e. The summed E-state index contributed by atoms with van der Waals surface area (Å²) < 4.78 is 0. The van der Waals surface area contributed by atoms with E-state index in [0.717, 1.165) is 5.69 Å². The third kappa shape index (κ3) is 2.59. The van der Waals surface area contributed by atoms with E-state index in [-0.39, 0.29) is 6.04 Å². The first-order chi connectivity index (χ1) is 10.3. The van der Waals surface area contributed by atoms with Crippen LogP contribution in [0.2, 0.25) is 0 Å². The maximum Gasteiger partial charge on any atom is 0.101 e. The molecule has 0 bridgehead atoms. The van der Waals surface area contributed by atoms with Crippen LogP contribution in [0, 0.1) is 11.3 Å². The summed E-state index contributed by atoms with van der Waals surface area (Å²) in [6, 6.07) is 24.7. The second-order valence-corrected chi connectivity index (χ2v) is 5.09. The van der Waals surface area contributed by atoms with Crippen LogP contribution < -0.4 is 5.32 Å². The highest BCUT2D eigenvalue weighted by Crippen LogP contribution is 2.27. The van der Waals surface area contributed by atoms with Crippen molar-refractivity contribution in [1.29, 1.82) is 5.26 Å². The van der Waals surface area contributed by atoms with E-state index in [2.05, 4.69) is 60.8 Å². The van der Waals surface area contributed by atoms with Crippen LogP contribution in [-0.2, 0) is 0 Å². The number of anilines is 1. The van der Waals surface area contributed by atoms with E-state index in [9.17, 15) is 5.26 Å². The maximum absolute atomic E-state index is 9.18. The van der Waals surface area contributed by atoms with E-state index in [1.165, 1.54) is 16.3 Å². The standard InChI is InChI=1S/C19H16N2/c1-14(21-19-12-5-3-8-16(19)13-20)17-11-6-9-15-7-2-4-10-18(15)17/h2-12,14,21H,1H3. The molecule has 0 radical (unpaired) electrons. The highest BCUT2D eigenvalue weighted by Gasteiger charge is 2.10. The summed E-state index contributed by atoms with van der Waals surface area (Å²) in [5.74, 6) is 0. The second-order valence-electron chi connectivity index (χ2n) is 5.09. The molecule has 0 saturated heterocycles. The van der Waals surface area contributed by atoms with E-state index in [1.807, 2.05) is 24.3 Å². The maximum atomic E-state index is 9.18. The molecule has 0 amide bonds. The van der Waals surface area contributed by atoms with Gasteiger partial charge in [0.15, 0.2) is 0 Å². The molecule has 1 atom stereocenters. The minimum absolute atomic E-state index is 0.130. The fourth-order valence-electron chi connectivity index (χ4n) is 2.65. The summed E-state index contributed by atoms with van der Waals surface area (Å²) in [6.45, 7) is 2.12. The molecule has 0 heterocycles. The summed E-state index contributed by atoms with van der Waals surface area (Å²) >= 11 is 0. The van der Waals surface area contributed by atoms with Gasteiger partial charge in [-0.05, 0) is 35.4 Å². The van der Waals surface area contributed by atoms with Gasteiger partial charge in [-0.2, -0.15) is 5.26 Å². The van der Waals surface area contributed by atoms with Gasteiger partial charge in [-0.1, -0.05) is 54.6 Å². The number of nitrogens with one attached hydrogen (secondary N) is 1. The van der Waals surface area contributed by atoms with E-state index >= 15 is 0 Å². The lowest BCUT2D eigenvalue weighted by atomic mass is 9.99. The average Bonchev–Trinajstić information content (AvgIpc) is 2.54. The molecule has 3 rings (SSSR count). The number of para-hydroxylation sites is 1. The molecule has 3 aromatic rings. The molecule has 0 aliphatic rings. The number of hydrogen-bond donors (Lipinski definition) is 1. The van der Waals surface area contributed by atoms with Crippen LogP contribution in [0.5, 0.6) is 0 Å². The molecule has 2 nitrogen and oxygen atoms in total. The van der Waals surface area contributed by atoms with Gasteiger partial charge in [-0.25, -0.2) is 0 Å². The molecule has 0 spiro atoms. The van der Waals surface area contributed by atoms with Gasteiger partial charge in [0.1, 0.15) is 6.07 Å². The topological polar surface area (TPSA) is 35.8 Å². The largest absolute Gasteiger partial charge is 0.377 e. The van der Waals surface area contributed by atoms with Crippen molar-refractivity contribution in [3.63, 3.8) is 0 Å². The Balaban J connectivity index is 1.98.